The van der Waals surface area contributed by atoms with E-state index >= 15 is 0 Å². The van der Waals surface area contributed by atoms with Crippen molar-refractivity contribution >= 4 is 46.2 Å². The topological polar surface area (TPSA) is 87.5 Å². The summed E-state index contributed by atoms with van der Waals surface area (Å²) in [7, 11) is 0. The fourth-order valence-corrected chi connectivity index (χ4v) is 3.82. The van der Waals surface area contributed by atoms with Crippen molar-refractivity contribution in [3.05, 3.63) is 41.6 Å². The summed E-state index contributed by atoms with van der Waals surface area (Å²) in [6.07, 6.45) is 0.890. The number of rotatable bonds is 8. The van der Waals surface area contributed by atoms with Crippen LogP contribution in [-0.2, 0) is 7.80 Å². The van der Waals surface area contributed by atoms with Crippen LogP contribution in [0.15, 0.2) is 30.3 Å². The van der Waals surface area contributed by atoms with Gasteiger partial charge in [-0.05, 0) is 48.6 Å². The second kappa shape index (κ2) is 11.1. The molecule has 0 bridgehead atoms. The Morgan fingerprint density at radius 3 is 2.47 bits per heavy atom. The molecule has 1 aromatic carbocycles. The smallest absolute Gasteiger partial charge is 0.366 e. The number of hydrogen-bond acceptors (Lipinski definition) is 7. The molecule has 2 aromatic rings. The van der Waals surface area contributed by atoms with Crippen LogP contribution >= 0.6 is 23.0 Å². The molecular formula is C24H31IN4O3. The average Bonchev–Trinajstić information content (AvgIpc) is 2.83. The van der Waals surface area contributed by atoms with Gasteiger partial charge in [0.05, 0.1) is 13.2 Å². The van der Waals surface area contributed by atoms with Gasteiger partial charge in [-0.25, -0.2) is 9.78 Å². The van der Waals surface area contributed by atoms with Crippen molar-refractivity contribution in [1.29, 1.82) is 5.41 Å². The number of carbonyl (C=O) groups is 1. The molecule has 1 fully saturated rings. The Morgan fingerprint density at radius 2 is 1.91 bits per heavy atom. The normalized spacial score (nSPS) is 14.9. The van der Waals surface area contributed by atoms with E-state index in [1.807, 2.05) is 26.0 Å². The third-order valence-electron chi connectivity index (χ3n) is 5.70. The van der Waals surface area contributed by atoms with E-state index in [0.29, 0.717) is 11.5 Å². The number of nitrogens with one attached hydrogen (secondary N) is 2. The lowest BCUT2D eigenvalue weighted by Crippen LogP contribution is -2.36. The standard InChI is InChI=1S/C24H31IN4O3/c1-5-16(4)27-23-21(22(26)15(2)3)19(14-20(28-23)24(30)32-25)17-6-8-18(9-7-17)29-10-12-31-13-11-29/h6-9,14-16,26H,5,10-13H2,1-4H3,(H,27,28). The van der Waals surface area contributed by atoms with E-state index in [0.717, 1.165) is 55.1 Å². The minimum Gasteiger partial charge on any atom is -0.390 e. The molecule has 8 heteroatoms. The van der Waals surface area contributed by atoms with Gasteiger partial charge in [-0.15, -0.1) is 0 Å². The largest absolute Gasteiger partial charge is 0.390 e. The third-order valence-corrected chi connectivity index (χ3v) is 6.10. The lowest BCUT2D eigenvalue weighted by molar-refractivity contribution is 0.0794. The highest BCUT2D eigenvalue weighted by molar-refractivity contribution is 14.1. The van der Waals surface area contributed by atoms with E-state index in [4.69, 9.17) is 13.2 Å². The van der Waals surface area contributed by atoms with Crippen LogP contribution in [0.25, 0.3) is 11.1 Å². The Bertz CT molecular complexity index is 956. The fourth-order valence-electron chi connectivity index (χ4n) is 3.59. The molecule has 3 rings (SSSR count). The lowest BCUT2D eigenvalue weighted by Gasteiger charge is -2.29. The summed E-state index contributed by atoms with van der Waals surface area (Å²) >= 11 is 1.58. The summed E-state index contributed by atoms with van der Waals surface area (Å²) in [4.78, 5) is 19.2. The molecular weight excluding hydrogens is 519 g/mol. The van der Waals surface area contributed by atoms with Crippen molar-refractivity contribution in [3.63, 3.8) is 0 Å². The molecule has 2 heterocycles. The van der Waals surface area contributed by atoms with E-state index < -0.39 is 5.97 Å². The molecule has 172 valence electrons. The quantitative estimate of drug-likeness (QED) is 0.342. The van der Waals surface area contributed by atoms with Gasteiger partial charge in [0.15, 0.2) is 28.7 Å². The zero-order chi connectivity index (χ0) is 23.3. The lowest BCUT2D eigenvalue weighted by atomic mass is 9.91. The zero-order valence-electron chi connectivity index (χ0n) is 19.1. The number of halogens is 1. The summed E-state index contributed by atoms with van der Waals surface area (Å²) < 4.78 is 10.4. The SMILES string of the molecule is CCC(C)Nc1nc(C(=O)OI)cc(-c2ccc(N3CCOCC3)cc2)c1C(=N)C(C)C. The first-order valence-corrected chi connectivity index (χ1v) is 11.9. The number of carbonyl (C=O) groups excluding carboxylic acids is 1. The summed E-state index contributed by atoms with van der Waals surface area (Å²) in [6.45, 7) is 11.3. The summed E-state index contributed by atoms with van der Waals surface area (Å²) in [5, 5.41) is 12.2. The molecule has 0 spiro atoms. The number of benzene rings is 1. The molecule has 0 aliphatic carbocycles. The number of ether oxygens (including phenoxy) is 1. The van der Waals surface area contributed by atoms with Crippen molar-refractivity contribution in [2.75, 3.05) is 36.5 Å². The molecule has 0 radical (unpaired) electrons. The highest BCUT2D eigenvalue weighted by Crippen LogP contribution is 2.33. The van der Waals surface area contributed by atoms with Crippen LogP contribution in [-0.4, -0.2) is 49.0 Å². The molecule has 1 aliphatic rings. The molecule has 1 atom stereocenters. The van der Waals surface area contributed by atoms with Gasteiger partial charge in [0.1, 0.15) is 5.82 Å². The van der Waals surface area contributed by atoms with E-state index in [1.165, 1.54) is 0 Å². The van der Waals surface area contributed by atoms with Crippen molar-refractivity contribution in [2.24, 2.45) is 5.92 Å². The van der Waals surface area contributed by atoms with E-state index in [2.05, 4.69) is 41.2 Å². The maximum Gasteiger partial charge on any atom is 0.366 e. The van der Waals surface area contributed by atoms with Gasteiger partial charge in [0.2, 0.25) is 0 Å². The van der Waals surface area contributed by atoms with E-state index in [1.54, 1.807) is 29.1 Å². The van der Waals surface area contributed by atoms with Crippen LogP contribution in [0, 0.1) is 11.3 Å². The highest BCUT2D eigenvalue weighted by atomic mass is 127. The van der Waals surface area contributed by atoms with Crippen molar-refractivity contribution in [3.8, 4) is 11.1 Å². The Kier molecular flexibility index (Phi) is 8.47. The monoisotopic (exact) mass is 550 g/mol. The third kappa shape index (κ3) is 5.58. The van der Waals surface area contributed by atoms with Crippen LogP contribution in [0.1, 0.15) is 50.2 Å². The maximum atomic E-state index is 12.4. The highest BCUT2D eigenvalue weighted by Gasteiger charge is 2.23. The summed E-state index contributed by atoms with van der Waals surface area (Å²) in [5.74, 6) is 0.0410. The van der Waals surface area contributed by atoms with Gasteiger partial charge in [-0.3, -0.25) is 0 Å². The molecule has 1 unspecified atom stereocenters. The number of anilines is 2. The molecule has 1 saturated heterocycles. The van der Waals surface area contributed by atoms with Crippen LogP contribution < -0.4 is 10.2 Å². The van der Waals surface area contributed by atoms with Gasteiger partial charge in [0.25, 0.3) is 0 Å². The Balaban J connectivity index is 2.13. The predicted octanol–water partition coefficient (Wildman–Crippen LogP) is 5.33. The predicted molar refractivity (Wildman–Crippen MR) is 137 cm³/mol. The van der Waals surface area contributed by atoms with Gasteiger partial charge in [-0.2, -0.15) is 0 Å². The zero-order valence-corrected chi connectivity index (χ0v) is 21.2. The molecule has 0 saturated carbocycles. The first-order chi connectivity index (χ1) is 15.3. The Hall–Kier alpha value is -2.20. The van der Waals surface area contributed by atoms with Crippen LogP contribution in [0.2, 0.25) is 0 Å². The first kappa shape index (κ1) is 24.4. The van der Waals surface area contributed by atoms with Crippen molar-refractivity contribution in [2.45, 2.75) is 40.2 Å². The van der Waals surface area contributed by atoms with Crippen molar-refractivity contribution < 1.29 is 12.6 Å². The molecule has 0 amide bonds. The number of hydrogen-bond donors (Lipinski definition) is 2. The minimum absolute atomic E-state index is 0.00281. The van der Waals surface area contributed by atoms with Gasteiger partial charge in [0, 0.05) is 36.1 Å². The molecule has 2 N–H and O–H groups in total. The van der Waals surface area contributed by atoms with E-state index in [9.17, 15) is 4.79 Å². The molecule has 32 heavy (non-hydrogen) atoms. The van der Waals surface area contributed by atoms with Crippen LogP contribution in [0.3, 0.4) is 0 Å². The number of pyridine rings is 1. The second-order valence-electron chi connectivity index (χ2n) is 8.31. The van der Waals surface area contributed by atoms with Gasteiger partial charge in [-0.1, -0.05) is 32.9 Å². The molecule has 7 nitrogen and oxygen atoms in total. The maximum absolute atomic E-state index is 12.4. The number of nitrogens with zero attached hydrogens (tertiary/aromatic N) is 2. The summed E-state index contributed by atoms with van der Waals surface area (Å²) in [5.41, 5.74) is 4.29. The van der Waals surface area contributed by atoms with Crippen molar-refractivity contribution in [1.82, 2.24) is 4.98 Å². The second-order valence-corrected chi connectivity index (χ2v) is 8.75. The number of aromatic nitrogens is 1. The van der Waals surface area contributed by atoms with Crippen LogP contribution in [0.5, 0.6) is 0 Å². The van der Waals surface area contributed by atoms with Gasteiger partial charge >= 0.3 is 5.97 Å². The number of morpholine rings is 1. The van der Waals surface area contributed by atoms with Crippen LogP contribution in [0.4, 0.5) is 11.5 Å². The average molecular weight is 550 g/mol. The van der Waals surface area contributed by atoms with Gasteiger partial charge < -0.3 is 23.4 Å². The minimum atomic E-state index is -0.508. The van der Waals surface area contributed by atoms with E-state index in [-0.39, 0.29) is 17.7 Å². The molecule has 1 aliphatic heterocycles. The molecule has 1 aromatic heterocycles. The first-order valence-electron chi connectivity index (χ1n) is 11.0. The Labute approximate surface area is 204 Å². The summed E-state index contributed by atoms with van der Waals surface area (Å²) in [6, 6.07) is 10.1. The fraction of sp³-hybridized carbons (Fsp3) is 0.458. The Morgan fingerprint density at radius 1 is 1.25 bits per heavy atom.